The van der Waals surface area contributed by atoms with Crippen LogP contribution in [-0.4, -0.2) is 23.4 Å². The van der Waals surface area contributed by atoms with Crippen molar-refractivity contribution in [3.8, 4) is 5.75 Å². The van der Waals surface area contributed by atoms with Gasteiger partial charge in [0, 0.05) is 15.7 Å². The maximum Gasteiger partial charge on any atom is 0.300 e. The molecule has 0 radical (unpaired) electrons. The summed E-state index contributed by atoms with van der Waals surface area (Å²) in [6, 6.07) is 14.8. The molecule has 4 rings (SSSR count). The van der Waals surface area contributed by atoms with Gasteiger partial charge in [-0.25, -0.2) is 0 Å². The zero-order chi connectivity index (χ0) is 23.7. The fourth-order valence-corrected chi connectivity index (χ4v) is 4.16. The number of aliphatic hydroxyl groups is 1. The second-order valence-corrected chi connectivity index (χ2v) is 8.84. The Morgan fingerprint density at radius 1 is 1.09 bits per heavy atom. The Labute approximate surface area is 200 Å². The summed E-state index contributed by atoms with van der Waals surface area (Å²) in [7, 11) is 0. The summed E-state index contributed by atoms with van der Waals surface area (Å²) in [5.41, 5.74) is 1.76. The van der Waals surface area contributed by atoms with E-state index in [1.807, 2.05) is 13.8 Å². The molecule has 1 saturated heterocycles. The summed E-state index contributed by atoms with van der Waals surface area (Å²) in [4.78, 5) is 27.7. The largest absolute Gasteiger partial charge is 0.507 e. The quantitative estimate of drug-likeness (QED) is 0.247. The predicted molar refractivity (Wildman–Crippen MR) is 129 cm³/mol. The second-order valence-electron chi connectivity index (χ2n) is 7.92. The molecule has 1 N–H and O–H groups in total. The van der Waals surface area contributed by atoms with Crippen molar-refractivity contribution in [1.82, 2.24) is 0 Å². The molecular weight excluding hydrogens is 486 g/mol. The van der Waals surface area contributed by atoms with E-state index in [0.717, 1.165) is 16.5 Å². The van der Waals surface area contributed by atoms with Crippen LogP contribution in [0.4, 0.5) is 5.69 Å². The van der Waals surface area contributed by atoms with Crippen molar-refractivity contribution >= 4 is 39.1 Å². The van der Waals surface area contributed by atoms with Gasteiger partial charge in [0.25, 0.3) is 11.7 Å². The van der Waals surface area contributed by atoms with Gasteiger partial charge >= 0.3 is 0 Å². The highest BCUT2D eigenvalue weighted by atomic mass is 79.9. The number of ether oxygens (including phenoxy) is 1. The van der Waals surface area contributed by atoms with Crippen LogP contribution in [0, 0.1) is 13.8 Å². The van der Waals surface area contributed by atoms with E-state index in [0.29, 0.717) is 35.1 Å². The molecule has 1 aromatic heterocycles. The number of benzene rings is 2. The number of nitrogens with zero attached hydrogens (tertiary/aromatic N) is 1. The van der Waals surface area contributed by atoms with Gasteiger partial charge in [0.05, 0.1) is 12.2 Å². The number of carbonyl (C=O) groups excluding carboxylic acids is 2. The molecule has 2 heterocycles. The first-order chi connectivity index (χ1) is 15.8. The molecule has 1 aliphatic rings. The minimum Gasteiger partial charge on any atom is -0.507 e. The summed E-state index contributed by atoms with van der Waals surface area (Å²) in [6.07, 6.45) is 0.878. The lowest BCUT2D eigenvalue weighted by atomic mass is 9.98. The Hall–Kier alpha value is -3.32. The molecule has 6 nitrogen and oxygen atoms in total. The van der Waals surface area contributed by atoms with E-state index in [4.69, 9.17) is 9.15 Å². The number of carbonyl (C=O) groups is 2. The van der Waals surface area contributed by atoms with E-state index < -0.39 is 17.7 Å². The highest BCUT2D eigenvalue weighted by molar-refractivity contribution is 9.10. The predicted octanol–water partition coefficient (Wildman–Crippen LogP) is 6.07. The molecule has 1 unspecified atom stereocenters. The van der Waals surface area contributed by atoms with Gasteiger partial charge in [-0.1, -0.05) is 22.9 Å². The molecule has 0 bridgehead atoms. The smallest absolute Gasteiger partial charge is 0.300 e. The summed E-state index contributed by atoms with van der Waals surface area (Å²) in [5.74, 6) is 0.00511. The minimum atomic E-state index is -0.892. The lowest BCUT2D eigenvalue weighted by molar-refractivity contribution is -0.132. The highest BCUT2D eigenvalue weighted by Gasteiger charge is 2.48. The zero-order valence-electron chi connectivity index (χ0n) is 18.6. The van der Waals surface area contributed by atoms with Crippen molar-refractivity contribution in [1.29, 1.82) is 0 Å². The van der Waals surface area contributed by atoms with E-state index in [1.165, 1.54) is 4.90 Å². The van der Waals surface area contributed by atoms with Crippen LogP contribution in [0.25, 0.3) is 5.76 Å². The van der Waals surface area contributed by atoms with Crippen molar-refractivity contribution in [3.05, 3.63) is 87.3 Å². The first kappa shape index (κ1) is 22.9. The average Bonchev–Trinajstić information content (AvgIpc) is 3.34. The molecule has 170 valence electrons. The number of anilines is 1. The Balaban J connectivity index is 1.85. The molecule has 0 spiro atoms. The summed E-state index contributed by atoms with van der Waals surface area (Å²) in [6.45, 7) is 6.27. The van der Waals surface area contributed by atoms with E-state index in [2.05, 4.69) is 15.9 Å². The van der Waals surface area contributed by atoms with Crippen LogP contribution < -0.4 is 9.64 Å². The number of halogens is 1. The number of Topliss-reactive ketones (excluding diaryl/α,β-unsaturated/α-hetero) is 1. The van der Waals surface area contributed by atoms with Gasteiger partial charge in [0.15, 0.2) is 0 Å². The van der Waals surface area contributed by atoms with Crippen molar-refractivity contribution in [2.45, 2.75) is 33.2 Å². The van der Waals surface area contributed by atoms with E-state index in [9.17, 15) is 14.7 Å². The number of aliphatic hydroxyl groups excluding tert-OH is 1. The van der Waals surface area contributed by atoms with Crippen LogP contribution in [0.15, 0.2) is 69.1 Å². The third kappa shape index (κ3) is 4.33. The maximum absolute atomic E-state index is 13.2. The van der Waals surface area contributed by atoms with Crippen molar-refractivity contribution < 1.29 is 23.8 Å². The summed E-state index contributed by atoms with van der Waals surface area (Å²) >= 11 is 3.39. The summed E-state index contributed by atoms with van der Waals surface area (Å²) < 4.78 is 12.4. The molecule has 1 aliphatic heterocycles. The molecule has 1 atom stereocenters. The molecule has 0 aliphatic carbocycles. The summed E-state index contributed by atoms with van der Waals surface area (Å²) in [5, 5.41) is 11.2. The number of amides is 1. The van der Waals surface area contributed by atoms with Crippen LogP contribution in [0.1, 0.15) is 42.0 Å². The first-order valence-corrected chi connectivity index (χ1v) is 11.5. The van der Waals surface area contributed by atoms with Crippen molar-refractivity contribution in [2.75, 3.05) is 11.5 Å². The number of aryl methyl sites for hydroxylation is 2. The molecule has 7 heteroatoms. The van der Waals surface area contributed by atoms with Gasteiger partial charge in [-0.15, -0.1) is 0 Å². The highest BCUT2D eigenvalue weighted by Crippen LogP contribution is 2.43. The maximum atomic E-state index is 13.2. The standard InChI is InChI=1S/C26H24BrNO5/c1-4-13-32-20-12-6-17(14-15(20)2)24(29)22-23(21-11-5-16(3)33-21)28(26(31)25(22)30)19-9-7-18(27)8-10-19/h5-12,14,23,29H,4,13H2,1-3H3/b24-22-. The normalized spacial score (nSPS) is 17.6. The topological polar surface area (TPSA) is 80.0 Å². The van der Waals surface area contributed by atoms with Gasteiger partial charge in [-0.05, 0) is 80.4 Å². The van der Waals surface area contributed by atoms with E-state index >= 15 is 0 Å². The fourth-order valence-electron chi connectivity index (χ4n) is 3.90. The Morgan fingerprint density at radius 2 is 1.82 bits per heavy atom. The van der Waals surface area contributed by atoms with E-state index in [-0.39, 0.29) is 11.3 Å². The van der Waals surface area contributed by atoms with Gasteiger partial charge < -0.3 is 14.3 Å². The number of hydrogen-bond donors (Lipinski definition) is 1. The number of rotatable bonds is 6. The lowest BCUT2D eigenvalue weighted by Crippen LogP contribution is -2.29. The number of ketones is 1. The van der Waals surface area contributed by atoms with E-state index in [1.54, 1.807) is 61.5 Å². The molecule has 33 heavy (non-hydrogen) atoms. The average molecular weight is 510 g/mol. The van der Waals surface area contributed by atoms with Gasteiger partial charge in [-0.2, -0.15) is 0 Å². The minimum absolute atomic E-state index is 0.0149. The molecule has 1 fully saturated rings. The number of furan rings is 1. The van der Waals surface area contributed by atoms with Gasteiger partial charge in [0.1, 0.15) is 29.1 Å². The molecule has 0 saturated carbocycles. The van der Waals surface area contributed by atoms with Gasteiger partial charge in [-0.3, -0.25) is 14.5 Å². The molecule has 2 aromatic carbocycles. The molecule has 1 amide bonds. The Kier molecular flexibility index (Phi) is 6.42. The second kappa shape index (κ2) is 9.27. The first-order valence-electron chi connectivity index (χ1n) is 10.7. The Morgan fingerprint density at radius 3 is 2.42 bits per heavy atom. The van der Waals surface area contributed by atoms with Crippen LogP contribution in [0.5, 0.6) is 5.75 Å². The third-order valence-corrected chi connectivity index (χ3v) is 6.02. The van der Waals surface area contributed by atoms with Crippen molar-refractivity contribution in [2.24, 2.45) is 0 Å². The van der Waals surface area contributed by atoms with Crippen LogP contribution in [0.2, 0.25) is 0 Å². The zero-order valence-corrected chi connectivity index (χ0v) is 20.2. The van der Waals surface area contributed by atoms with Crippen LogP contribution in [0.3, 0.4) is 0 Å². The van der Waals surface area contributed by atoms with Crippen LogP contribution >= 0.6 is 15.9 Å². The SMILES string of the molecule is CCCOc1ccc(/C(O)=C2/C(=O)C(=O)N(c3ccc(Br)cc3)C2c2ccc(C)o2)cc1C. The lowest BCUT2D eigenvalue weighted by Gasteiger charge is -2.23. The monoisotopic (exact) mass is 509 g/mol. The third-order valence-electron chi connectivity index (χ3n) is 5.49. The molecule has 3 aromatic rings. The van der Waals surface area contributed by atoms with Gasteiger partial charge in [0.2, 0.25) is 0 Å². The van der Waals surface area contributed by atoms with Crippen molar-refractivity contribution in [3.63, 3.8) is 0 Å². The Bertz CT molecular complexity index is 1240. The fraction of sp³-hybridized carbons (Fsp3) is 0.231. The number of hydrogen-bond acceptors (Lipinski definition) is 5. The molecular formula is C26H24BrNO5. The van der Waals surface area contributed by atoms with Crippen LogP contribution in [-0.2, 0) is 9.59 Å².